The third kappa shape index (κ3) is 9.22. The van der Waals surface area contributed by atoms with E-state index in [9.17, 15) is 0 Å². The molecule has 62 valence electrons. The van der Waals surface area contributed by atoms with Gasteiger partial charge < -0.3 is 0 Å². The van der Waals surface area contributed by atoms with Crippen LogP contribution in [0.15, 0.2) is 37.0 Å². The maximum absolute atomic E-state index is 3.64. The van der Waals surface area contributed by atoms with Gasteiger partial charge in [0.25, 0.3) is 0 Å². The van der Waals surface area contributed by atoms with Crippen molar-refractivity contribution in [3.63, 3.8) is 0 Å². The van der Waals surface area contributed by atoms with Gasteiger partial charge in [-0.1, -0.05) is 37.3 Å². The van der Waals surface area contributed by atoms with Crippen molar-refractivity contribution in [1.29, 1.82) is 0 Å². The lowest BCUT2D eigenvalue weighted by Crippen LogP contribution is -1.64. The first kappa shape index (κ1) is 10.2. The van der Waals surface area contributed by atoms with Gasteiger partial charge in [0.1, 0.15) is 0 Å². The van der Waals surface area contributed by atoms with E-state index in [1.807, 2.05) is 6.08 Å². The van der Waals surface area contributed by atoms with Gasteiger partial charge in [0.05, 0.1) is 0 Å². The summed E-state index contributed by atoms with van der Waals surface area (Å²) in [5, 5.41) is 0. The SMILES string of the molecule is C=CC/C=C/CC/C=C/CC. The Morgan fingerprint density at radius 3 is 2.18 bits per heavy atom. The van der Waals surface area contributed by atoms with E-state index < -0.39 is 0 Å². The highest BCUT2D eigenvalue weighted by atomic mass is 13.8. The molecule has 0 unspecified atom stereocenters. The highest BCUT2D eigenvalue weighted by molar-refractivity contribution is 4.90. The molecule has 0 atom stereocenters. The van der Waals surface area contributed by atoms with Crippen molar-refractivity contribution in [3.8, 4) is 0 Å². The predicted molar refractivity (Wildman–Crippen MR) is 52.6 cm³/mol. The lowest BCUT2D eigenvalue weighted by atomic mass is 10.2. The van der Waals surface area contributed by atoms with Crippen LogP contribution in [0.25, 0.3) is 0 Å². The Morgan fingerprint density at radius 1 is 1.00 bits per heavy atom. The van der Waals surface area contributed by atoms with E-state index in [2.05, 4.69) is 37.8 Å². The molecule has 0 heterocycles. The zero-order valence-electron chi connectivity index (χ0n) is 7.42. The minimum atomic E-state index is 0.998. The number of hydrogen-bond acceptors (Lipinski definition) is 0. The van der Waals surface area contributed by atoms with Crippen LogP contribution in [0, 0.1) is 0 Å². The Labute approximate surface area is 70.3 Å². The van der Waals surface area contributed by atoms with Crippen molar-refractivity contribution in [2.24, 2.45) is 0 Å². The molecule has 0 bridgehead atoms. The van der Waals surface area contributed by atoms with E-state index in [4.69, 9.17) is 0 Å². The van der Waals surface area contributed by atoms with Gasteiger partial charge in [0, 0.05) is 0 Å². The Balaban J connectivity index is 3.12. The maximum atomic E-state index is 3.64. The zero-order valence-corrected chi connectivity index (χ0v) is 7.42. The van der Waals surface area contributed by atoms with Crippen molar-refractivity contribution in [1.82, 2.24) is 0 Å². The molecule has 0 nitrogen and oxygen atoms in total. The fourth-order valence-corrected chi connectivity index (χ4v) is 0.787. The summed E-state index contributed by atoms with van der Waals surface area (Å²) in [6.07, 6.45) is 15.2. The van der Waals surface area contributed by atoms with Gasteiger partial charge >= 0.3 is 0 Å². The molecule has 0 aromatic carbocycles. The first-order valence-corrected chi connectivity index (χ1v) is 4.32. The third-order valence-electron chi connectivity index (χ3n) is 1.37. The van der Waals surface area contributed by atoms with Crippen molar-refractivity contribution >= 4 is 0 Å². The molecule has 0 aliphatic heterocycles. The quantitative estimate of drug-likeness (QED) is 0.398. The molecule has 0 spiro atoms. The van der Waals surface area contributed by atoms with Crippen LogP contribution in [-0.4, -0.2) is 0 Å². The van der Waals surface area contributed by atoms with Crippen LogP contribution in [0.2, 0.25) is 0 Å². The second kappa shape index (κ2) is 9.22. The molecule has 0 rings (SSSR count). The summed E-state index contributed by atoms with van der Waals surface area (Å²) in [7, 11) is 0. The van der Waals surface area contributed by atoms with Crippen molar-refractivity contribution < 1.29 is 0 Å². The van der Waals surface area contributed by atoms with Gasteiger partial charge in [0.15, 0.2) is 0 Å². The summed E-state index contributed by atoms with van der Waals surface area (Å²) in [5.74, 6) is 0. The van der Waals surface area contributed by atoms with Crippen LogP contribution in [0.4, 0.5) is 0 Å². The van der Waals surface area contributed by atoms with Gasteiger partial charge in [-0.3, -0.25) is 0 Å². The van der Waals surface area contributed by atoms with E-state index in [0.29, 0.717) is 0 Å². The van der Waals surface area contributed by atoms with Crippen molar-refractivity contribution in [2.75, 3.05) is 0 Å². The number of unbranched alkanes of at least 4 members (excludes halogenated alkanes) is 1. The van der Waals surface area contributed by atoms with Crippen LogP contribution in [0.3, 0.4) is 0 Å². The van der Waals surface area contributed by atoms with Crippen molar-refractivity contribution in [2.45, 2.75) is 32.6 Å². The second-order valence-corrected chi connectivity index (χ2v) is 2.45. The van der Waals surface area contributed by atoms with E-state index >= 15 is 0 Å². The molecule has 0 aliphatic carbocycles. The Kier molecular flexibility index (Phi) is 8.57. The van der Waals surface area contributed by atoms with Gasteiger partial charge in [-0.2, -0.15) is 0 Å². The molecular weight excluding hydrogens is 132 g/mol. The number of rotatable bonds is 6. The molecule has 0 aromatic heterocycles. The molecule has 0 aliphatic rings. The van der Waals surface area contributed by atoms with Crippen LogP contribution >= 0.6 is 0 Å². The molecule has 0 radical (unpaired) electrons. The molecule has 11 heavy (non-hydrogen) atoms. The minimum absolute atomic E-state index is 0.998. The van der Waals surface area contributed by atoms with Crippen LogP contribution < -0.4 is 0 Å². The summed E-state index contributed by atoms with van der Waals surface area (Å²) < 4.78 is 0. The van der Waals surface area contributed by atoms with Gasteiger partial charge in [-0.15, -0.1) is 6.58 Å². The predicted octanol–water partition coefficient (Wildman–Crippen LogP) is 3.87. The average Bonchev–Trinajstić information content (AvgIpc) is 2.03. The van der Waals surface area contributed by atoms with Crippen molar-refractivity contribution in [3.05, 3.63) is 37.0 Å². The van der Waals surface area contributed by atoms with E-state index in [1.165, 1.54) is 6.42 Å². The lowest BCUT2D eigenvalue weighted by molar-refractivity contribution is 1.03. The second-order valence-electron chi connectivity index (χ2n) is 2.45. The highest BCUT2D eigenvalue weighted by Crippen LogP contribution is 1.95. The summed E-state index contributed by atoms with van der Waals surface area (Å²) in [6, 6.07) is 0. The monoisotopic (exact) mass is 150 g/mol. The maximum Gasteiger partial charge on any atom is -0.0172 e. The normalized spacial score (nSPS) is 11.4. The Hall–Kier alpha value is -0.780. The molecule has 0 amide bonds. The average molecular weight is 150 g/mol. The fraction of sp³-hybridized carbons (Fsp3) is 0.455. The van der Waals surface area contributed by atoms with Crippen LogP contribution in [0.1, 0.15) is 32.6 Å². The Bertz CT molecular complexity index is 129. The molecule has 0 saturated heterocycles. The van der Waals surface area contributed by atoms with Crippen LogP contribution in [-0.2, 0) is 0 Å². The first-order chi connectivity index (χ1) is 5.41. The van der Waals surface area contributed by atoms with Gasteiger partial charge in [0.2, 0.25) is 0 Å². The summed E-state index contributed by atoms with van der Waals surface area (Å²) in [5.41, 5.74) is 0. The largest absolute Gasteiger partial charge is 0.103 e. The third-order valence-corrected chi connectivity index (χ3v) is 1.37. The lowest BCUT2D eigenvalue weighted by Gasteiger charge is -1.85. The number of allylic oxidation sites excluding steroid dienone is 5. The zero-order chi connectivity index (χ0) is 8.36. The van der Waals surface area contributed by atoms with Crippen LogP contribution in [0.5, 0.6) is 0 Å². The standard InChI is InChI=1S/C11H18/c1-3-5-7-9-11-10-8-6-4-2/h3,6-9H,1,4-5,10-11H2,2H3/b8-6+,9-7+. The summed E-state index contributed by atoms with van der Waals surface area (Å²) >= 11 is 0. The highest BCUT2D eigenvalue weighted by Gasteiger charge is 1.74. The first-order valence-electron chi connectivity index (χ1n) is 4.32. The smallest absolute Gasteiger partial charge is 0.0172 e. The molecule has 0 aromatic rings. The minimum Gasteiger partial charge on any atom is -0.103 e. The van der Waals surface area contributed by atoms with Gasteiger partial charge in [-0.05, 0) is 25.7 Å². The van der Waals surface area contributed by atoms with E-state index in [0.717, 1.165) is 19.3 Å². The topological polar surface area (TPSA) is 0 Å². The van der Waals surface area contributed by atoms with E-state index in [-0.39, 0.29) is 0 Å². The molecule has 0 N–H and O–H groups in total. The fourth-order valence-electron chi connectivity index (χ4n) is 0.787. The Morgan fingerprint density at radius 2 is 1.64 bits per heavy atom. The molecule has 0 heteroatoms. The molecule has 0 saturated carbocycles. The number of hydrogen-bond donors (Lipinski definition) is 0. The molecular formula is C11H18. The molecule has 0 fully saturated rings. The summed E-state index contributed by atoms with van der Waals surface area (Å²) in [6.45, 7) is 5.80. The van der Waals surface area contributed by atoms with Gasteiger partial charge in [-0.25, -0.2) is 0 Å². The summed E-state index contributed by atoms with van der Waals surface area (Å²) in [4.78, 5) is 0. The van der Waals surface area contributed by atoms with E-state index in [1.54, 1.807) is 0 Å².